The minimum absolute atomic E-state index is 0.00934. The van der Waals surface area contributed by atoms with Crippen LogP contribution in [-0.4, -0.2) is 24.9 Å². The Kier molecular flexibility index (Phi) is 3.14. The van der Waals surface area contributed by atoms with Crippen LogP contribution in [0.15, 0.2) is 41.0 Å². The summed E-state index contributed by atoms with van der Waals surface area (Å²) in [5.74, 6) is 0. The number of aromatic amines is 1. The largest absolute Gasteiger partial charge is 0.341 e. The Hall–Kier alpha value is -1.99. The fraction of sp³-hybridized carbons (Fsp3) is 0.167. The first-order valence-electron chi connectivity index (χ1n) is 5.77. The van der Waals surface area contributed by atoms with Crippen molar-refractivity contribution in [1.29, 1.82) is 0 Å². The molecule has 0 aliphatic heterocycles. The quantitative estimate of drug-likeness (QED) is 0.707. The molecule has 0 radical (unpaired) electrons. The van der Waals surface area contributed by atoms with E-state index in [1.807, 2.05) is 19.1 Å². The van der Waals surface area contributed by atoms with Crippen molar-refractivity contribution in [2.24, 2.45) is 5.73 Å². The lowest BCUT2D eigenvalue weighted by molar-refractivity contribution is 0.806. The highest BCUT2D eigenvalue weighted by atomic mass is 32.2. The molecule has 0 saturated heterocycles. The standard InChI is InChI=1S/C12H12N6S/c1-7(13)8-2-3-9(14-4-8)19-12-10-11(16-5-15-10)17-6-18-12/h2-7H,13H2,1H3,(H,15,16,17,18). The van der Waals surface area contributed by atoms with Gasteiger partial charge in [0.2, 0.25) is 0 Å². The molecule has 3 N–H and O–H groups in total. The van der Waals surface area contributed by atoms with Gasteiger partial charge in [-0.25, -0.2) is 19.9 Å². The fourth-order valence-electron chi connectivity index (χ4n) is 1.64. The second-order valence-electron chi connectivity index (χ2n) is 4.10. The number of rotatable bonds is 3. The van der Waals surface area contributed by atoms with Gasteiger partial charge >= 0.3 is 0 Å². The van der Waals surface area contributed by atoms with E-state index >= 15 is 0 Å². The smallest absolute Gasteiger partial charge is 0.181 e. The normalized spacial score (nSPS) is 12.7. The Balaban J connectivity index is 1.90. The van der Waals surface area contributed by atoms with Crippen LogP contribution >= 0.6 is 11.8 Å². The molecule has 3 aromatic rings. The molecule has 7 heteroatoms. The highest BCUT2D eigenvalue weighted by molar-refractivity contribution is 7.99. The number of nitrogens with one attached hydrogen (secondary N) is 1. The van der Waals surface area contributed by atoms with E-state index in [0.717, 1.165) is 21.1 Å². The molecule has 0 aliphatic carbocycles. The minimum Gasteiger partial charge on any atom is -0.341 e. The molecule has 3 rings (SSSR count). The molecule has 3 aromatic heterocycles. The molecular weight excluding hydrogens is 260 g/mol. The molecular formula is C12H12N6S. The first kappa shape index (κ1) is 12.1. The SMILES string of the molecule is CC(N)c1ccc(Sc2ncnc3nc[nH]c23)nc1. The van der Waals surface area contributed by atoms with Gasteiger partial charge in [-0.2, -0.15) is 0 Å². The molecule has 0 aromatic carbocycles. The van der Waals surface area contributed by atoms with Gasteiger partial charge in [-0.1, -0.05) is 6.07 Å². The average molecular weight is 272 g/mol. The Morgan fingerprint density at radius 1 is 1.21 bits per heavy atom. The van der Waals surface area contributed by atoms with Gasteiger partial charge in [0, 0.05) is 12.2 Å². The van der Waals surface area contributed by atoms with Gasteiger partial charge in [-0.15, -0.1) is 0 Å². The molecule has 0 spiro atoms. The highest BCUT2D eigenvalue weighted by Crippen LogP contribution is 2.28. The Bertz CT molecular complexity index is 691. The van der Waals surface area contributed by atoms with Crippen molar-refractivity contribution in [2.45, 2.75) is 23.0 Å². The summed E-state index contributed by atoms with van der Waals surface area (Å²) < 4.78 is 0. The van der Waals surface area contributed by atoms with Crippen molar-refractivity contribution >= 4 is 22.9 Å². The first-order valence-corrected chi connectivity index (χ1v) is 6.59. The summed E-state index contributed by atoms with van der Waals surface area (Å²) in [4.78, 5) is 19.8. The van der Waals surface area contributed by atoms with Crippen LogP contribution in [0, 0.1) is 0 Å². The molecule has 0 amide bonds. The molecule has 1 unspecified atom stereocenters. The number of H-pyrrole nitrogens is 1. The van der Waals surface area contributed by atoms with Crippen LogP contribution < -0.4 is 5.73 Å². The van der Waals surface area contributed by atoms with Crippen LogP contribution in [0.2, 0.25) is 0 Å². The van der Waals surface area contributed by atoms with Gasteiger partial charge in [-0.05, 0) is 30.3 Å². The first-order chi connectivity index (χ1) is 9.24. The average Bonchev–Trinajstić information content (AvgIpc) is 2.89. The minimum atomic E-state index is -0.00934. The number of imidazole rings is 1. The number of fused-ring (bicyclic) bond motifs is 1. The molecule has 0 saturated carbocycles. The molecule has 6 nitrogen and oxygen atoms in total. The lowest BCUT2D eigenvalue weighted by Crippen LogP contribution is -2.04. The third-order valence-corrected chi connectivity index (χ3v) is 3.63. The van der Waals surface area contributed by atoms with E-state index in [2.05, 4.69) is 24.9 Å². The fourth-order valence-corrected chi connectivity index (χ4v) is 2.43. The van der Waals surface area contributed by atoms with Crippen LogP contribution in [0.1, 0.15) is 18.5 Å². The molecule has 96 valence electrons. The van der Waals surface area contributed by atoms with Gasteiger partial charge in [-0.3, -0.25) is 0 Å². The topological polar surface area (TPSA) is 93.4 Å². The Morgan fingerprint density at radius 3 is 2.84 bits per heavy atom. The van der Waals surface area contributed by atoms with E-state index < -0.39 is 0 Å². The van der Waals surface area contributed by atoms with Gasteiger partial charge < -0.3 is 10.7 Å². The zero-order chi connectivity index (χ0) is 13.2. The predicted molar refractivity (Wildman–Crippen MR) is 72.6 cm³/mol. The number of nitrogens with two attached hydrogens (primary N) is 1. The summed E-state index contributed by atoms with van der Waals surface area (Å²) in [6, 6.07) is 3.91. The maximum absolute atomic E-state index is 5.80. The van der Waals surface area contributed by atoms with Gasteiger partial charge in [0.05, 0.1) is 6.33 Å². The highest BCUT2D eigenvalue weighted by Gasteiger charge is 2.08. The van der Waals surface area contributed by atoms with Gasteiger partial charge in [0.15, 0.2) is 5.65 Å². The summed E-state index contributed by atoms with van der Waals surface area (Å²) in [6.45, 7) is 1.93. The van der Waals surface area contributed by atoms with Crippen LogP contribution in [0.4, 0.5) is 0 Å². The molecule has 0 fully saturated rings. The monoisotopic (exact) mass is 272 g/mol. The van der Waals surface area contributed by atoms with Crippen molar-refractivity contribution < 1.29 is 0 Å². The summed E-state index contributed by atoms with van der Waals surface area (Å²) >= 11 is 1.47. The summed E-state index contributed by atoms with van der Waals surface area (Å²) in [5.41, 5.74) is 8.29. The molecule has 1 atom stereocenters. The van der Waals surface area contributed by atoms with Crippen molar-refractivity contribution in [3.8, 4) is 0 Å². The summed E-state index contributed by atoms with van der Waals surface area (Å²) in [5, 5.41) is 1.67. The van der Waals surface area contributed by atoms with E-state index in [9.17, 15) is 0 Å². The Morgan fingerprint density at radius 2 is 2.11 bits per heavy atom. The summed E-state index contributed by atoms with van der Waals surface area (Å²) in [7, 11) is 0. The number of pyridine rings is 1. The zero-order valence-corrected chi connectivity index (χ0v) is 11.1. The third kappa shape index (κ3) is 2.42. The van der Waals surface area contributed by atoms with E-state index in [1.165, 1.54) is 18.1 Å². The van der Waals surface area contributed by atoms with Crippen molar-refractivity contribution in [3.63, 3.8) is 0 Å². The van der Waals surface area contributed by atoms with Crippen molar-refractivity contribution in [2.75, 3.05) is 0 Å². The maximum atomic E-state index is 5.80. The third-order valence-electron chi connectivity index (χ3n) is 2.67. The van der Waals surface area contributed by atoms with E-state index in [1.54, 1.807) is 12.5 Å². The van der Waals surface area contributed by atoms with Crippen LogP contribution in [-0.2, 0) is 0 Å². The predicted octanol–water partition coefficient (Wildman–Crippen LogP) is 1.92. The number of hydrogen-bond acceptors (Lipinski definition) is 6. The van der Waals surface area contributed by atoms with Crippen LogP contribution in [0.3, 0.4) is 0 Å². The molecule has 19 heavy (non-hydrogen) atoms. The number of nitrogens with zero attached hydrogens (tertiary/aromatic N) is 4. The molecule has 3 heterocycles. The Labute approximate surface area is 113 Å². The second-order valence-corrected chi connectivity index (χ2v) is 5.11. The van der Waals surface area contributed by atoms with Crippen molar-refractivity contribution in [3.05, 3.63) is 36.5 Å². The number of hydrogen-bond donors (Lipinski definition) is 2. The van der Waals surface area contributed by atoms with Gasteiger partial charge in [0.1, 0.15) is 21.9 Å². The zero-order valence-electron chi connectivity index (χ0n) is 10.2. The summed E-state index contributed by atoms with van der Waals surface area (Å²) in [6.07, 6.45) is 4.90. The second kappa shape index (κ2) is 4.94. The maximum Gasteiger partial charge on any atom is 0.181 e. The van der Waals surface area contributed by atoms with Crippen LogP contribution in [0.25, 0.3) is 11.2 Å². The lowest BCUT2D eigenvalue weighted by atomic mass is 10.2. The molecule has 0 aliphatic rings. The number of aromatic nitrogens is 5. The van der Waals surface area contributed by atoms with Gasteiger partial charge in [0.25, 0.3) is 0 Å². The van der Waals surface area contributed by atoms with Crippen LogP contribution in [0.5, 0.6) is 0 Å². The van der Waals surface area contributed by atoms with E-state index in [4.69, 9.17) is 5.73 Å². The van der Waals surface area contributed by atoms with Crippen molar-refractivity contribution in [1.82, 2.24) is 24.9 Å². The molecule has 0 bridgehead atoms. The lowest BCUT2D eigenvalue weighted by Gasteiger charge is -2.05. The van der Waals surface area contributed by atoms with E-state index in [-0.39, 0.29) is 6.04 Å². The van der Waals surface area contributed by atoms with E-state index in [0.29, 0.717) is 5.65 Å².